The summed E-state index contributed by atoms with van der Waals surface area (Å²) in [6, 6.07) is 23.4. The highest BCUT2D eigenvalue weighted by Gasteiger charge is 2.10. The Morgan fingerprint density at radius 2 is 1.83 bits per heavy atom. The molecule has 1 heterocycles. The van der Waals surface area contributed by atoms with E-state index in [-0.39, 0.29) is 0 Å². The molecular weight excluding hydrogens is 484 g/mol. The van der Waals surface area contributed by atoms with Gasteiger partial charge in [0, 0.05) is 20.6 Å². The van der Waals surface area contributed by atoms with Gasteiger partial charge in [-0.15, -0.1) is 0 Å². The molecule has 8 heteroatoms. The SMILES string of the molecule is S=c1[nH]nc(-c2ccccc2)n1NCc1cc(Br)ccc1OCc1ccc(Cl)cc1. The third kappa shape index (κ3) is 4.92. The Labute approximate surface area is 192 Å². The lowest BCUT2D eigenvalue weighted by molar-refractivity contribution is 0.303. The first-order valence-electron chi connectivity index (χ1n) is 9.22. The number of hydrogen-bond donors (Lipinski definition) is 2. The minimum Gasteiger partial charge on any atom is -0.489 e. The summed E-state index contributed by atoms with van der Waals surface area (Å²) in [6.45, 7) is 0.954. The standard InChI is InChI=1S/C22H18BrClN4OS/c23-18-8-11-20(29-14-15-6-9-19(24)10-7-15)17(12-18)13-25-28-21(26-27-22(28)30)16-4-2-1-3-5-16/h1-12,25H,13-14H2,(H,27,30). The van der Waals surface area contributed by atoms with Gasteiger partial charge in [-0.1, -0.05) is 70.0 Å². The molecule has 0 saturated heterocycles. The topological polar surface area (TPSA) is 54.9 Å². The van der Waals surface area contributed by atoms with E-state index in [9.17, 15) is 0 Å². The first-order valence-corrected chi connectivity index (χ1v) is 10.8. The van der Waals surface area contributed by atoms with Crippen molar-refractivity contribution in [2.45, 2.75) is 13.2 Å². The summed E-state index contributed by atoms with van der Waals surface area (Å²) in [5.41, 5.74) is 6.35. The molecule has 0 amide bonds. The zero-order valence-corrected chi connectivity index (χ0v) is 19.0. The molecule has 0 atom stereocenters. The molecular formula is C22H18BrClN4OS. The van der Waals surface area contributed by atoms with Gasteiger partial charge in [0.15, 0.2) is 5.82 Å². The number of halogens is 2. The van der Waals surface area contributed by atoms with Crippen molar-refractivity contribution in [1.29, 1.82) is 0 Å². The number of benzene rings is 3. The maximum absolute atomic E-state index is 6.07. The number of aromatic amines is 1. The van der Waals surface area contributed by atoms with Crippen LogP contribution in [0.4, 0.5) is 0 Å². The Kier molecular flexibility index (Phi) is 6.52. The molecule has 0 aliphatic rings. The molecule has 1 aromatic heterocycles. The van der Waals surface area contributed by atoms with Crippen LogP contribution in [0, 0.1) is 4.77 Å². The van der Waals surface area contributed by atoms with Gasteiger partial charge in [-0.2, -0.15) is 5.10 Å². The molecule has 5 nitrogen and oxygen atoms in total. The summed E-state index contributed by atoms with van der Waals surface area (Å²) in [6.07, 6.45) is 0. The summed E-state index contributed by atoms with van der Waals surface area (Å²) >= 11 is 14.9. The molecule has 0 aliphatic heterocycles. The van der Waals surface area contributed by atoms with E-state index in [1.165, 1.54) is 0 Å². The number of ether oxygens (including phenoxy) is 1. The molecule has 4 aromatic rings. The second-order valence-electron chi connectivity index (χ2n) is 6.56. The average molecular weight is 502 g/mol. The fourth-order valence-corrected chi connectivity index (χ4v) is 3.69. The van der Waals surface area contributed by atoms with Gasteiger partial charge in [0.05, 0.1) is 6.54 Å². The highest BCUT2D eigenvalue weighted by Crippen LogP contribution is 2.25. The summed E-state index contributed by atoms with van der Waals surface area (Å²) in [4.78, 5) is 0. The quantitative estimate of drug-likeness (QED) is 0.290. The van der Waals surface area contributed by atoms with Crippen LogP contribution in [0.5, 0.6) is 5.75 Å². The van der Waals surface area contributed by atoms with Gasteiger partial charge >= 0.3 is 0 Å². The van der Waals surface area contributed by atoms with Gasteiger partial charge in [0.2, 0.25) is 4.77 Å². The van der Waals surface area contributed by atoms with Crippen LogP contribution >= 0.6 is 39.7 Å². The van der Waals surface area contributed by atoms with E-state index in [0.717, 1.165) is 32.7 Å². The normalized spacial score (nSPS) is 10.7. The van der Waals surface area contributed by atoms with Crippen LogP contribution in [0.25, 0.3) is 11.4 Å². The lowest BCUT2D eigenvalue weighted by Crippen LogP contribution is -2.16. The summed E-state index contributed by atoms with van der Waals surface area (Å²) < 4.78 is 9.31. The van der Waals surface area contributed by atoms with Gasteiger partial charge in [-0.05, 0) is 48.1 Å². The molecule has 0 radical (unpaired) electrons. The molecule has 152 valence electrons. The van der Waals surface area contributed by atoms with Crippen molar-refractivity contribution in [3.8, 4) is 17.1 Å². The van der Waals surface area contributed by atoms with E-state index in [1.807, 2.05) is 72.8 Å². The number of rotatable bonds is 7. The van der Waals surface area contributed by atoms with Crippen molar-refractivity contribution in [1.82, 2.24) is 14.9 Å². The molecule has 0 spiro atoms. The predicted molar refractivity (Wildman–Crippen MR) is 126 cm³/mol. The van der Waals surface area contributed by atoms with Gasteiger partial charge in [-0.3, -0.25) is 0 Å². The van der Waals surface area contributed by atoms with Crippen molar-refractivity contribution < 1.29 is 4.74 Å². The molecule has 3 aromatic carbocycles. The smallest absolute Gasteiger partial charge is 0.214 e. The largest absolute Gasteiger partial charge is 0.489 e. The molecule has 30 heavy (non-hydrogen) atoms. The first kappa shape index (κ1) is 20.7. The Morgan fingerprint density at radius 1 is 1.07 bits per heavy atom. The Bertz CT molecular complexity index is 1190. The van der Waals surface area contributed by atoms with Crippen LogP contribution in [0.15, 0.2) is 77.3 Å². The summed E-state index contributed by atoms with van der Waals surface area (Å²) in [7, 11) is 0. The Hall–Kier alpha value is -2.61. The molecule has 0 bridgehead atoms. The minimum absolute atomic E-state index is 0.451. The zero-order chi connectivity index (χ0) is 20.9. The number of hydrogen-bond acceptors (Lipinski definition) is 4. The molecule has 0 aliphatic carbocycles. The third-order valence-corrected chi connectivity index (χ3v) is 5.48. The van der Waals surface area contributed by atoms with Gasteiger partial charge in [-0.25, -0.2) is 9.77 Å². The van der Waals surface area contributed by atoms with Crippen LogP contribution in [0.1, 0.15) is 11.1 Å². The van der Waals surface area contributed by atoms with Crippen LogP contribution in [0.2, 0.25) is 5.02 Å². The van der Waals surface area contributed by atoms with E-state index in [1.54, 1.807) is 4.68 Å². The highest BCUT2D eigenvalue weighted by atomic mass is 79.9. The summed E-state index contributed by atoms with van der Waals surface area (Å²) in [5.74, 6) is 1.51. The van der Waals surface area contributed by atoms with Crippen LogP contribution in [-0.4, -0.2) is 14.9 Å². The second kappa shape index (κ2) is 9.47. The van der Waals surface area contributed by atoms with Gasteiger partial charge in [0.1, 0.15) is 12.4 Å². The fourth-order valence-electron chi connectivity index (χ4n) is 2.96. The number of H-pyrrole nitrogens is 1. The second-order valence-corrected chi connectivity index (χ2v) is 8.29. The Balaban J connectivity index is 1.53. The third-order valence-electron chi connectivity index (χ3n) is 4.46. The van der Waals surface area contributed by atoms with Crippen molar-refractivity contribution in [3.05, 3.63) is 98.2 Å². The molecule has 0 fully saturated rings. The fraction of sp³-hybridized carbons (Fsp3) is 0.0909. The van der Waals surface area contributed by atoms with E-state index in [0.29, 0.717) is 22.9 Å². The van der Waals surface area contributed by atoms with E-state index in [2.05, 4.69) is 31.6 Å². The van der Waals surface area contributed by atoms with E-state index < -0.39 is 0 Å². The predicted octanol–water partition coefficient (Wildman–Crippen LogP) is 6.35. The molecule has 4 rings (SSSR count). The van der Waals surface area contributed by atoms with Crippen molar-refractivity contribution in [2.75, 3.05) is 5.43 Å². The van der Waals surface area contributed by atoms with Gasteiger partial charge in [0.25, 0.3) is 0 Å². The molecule has 0 unspecified atom stereocenters. The van der Waals surface area contributed by atoms with Crippen molar-refractivity contribution in [2.24, 2.45) is 0 Å². The van der Waals surface area contributed by atoms with Crippen molar-refractivity contribution >= 4 is 39.7 Å². The van der Waals surface area contributed by atoms with Gasteiger partial charge < -0.3 is 10.2 Å². The minimum atomic E-state index is 0.451. The van der Waals surface area contributed by atoms with Crippen molar-refractivity contribution in [3.63, 3.8) is 0 Å². The summed E-state index contributed by atoms with van der Waals surface area (Å²) in [5, 5.41) is 7.91. The first-order chi connectivity index (χ1) is 14.6. The molecule has 2 N–H and O–H groups in total. The number of nitrogens with one attached hydrogen (secondary N) is 2. The number of nitrogens with zero attached hydrogens (tertiary/aromatic N) is 2. The number of aromatic nitrogens is 3. The van der Waals surface area contributed by atoms with E-state index in [4.69, 9.17) is 28.6 Å². The highest BCUT2D eigenvalue weighted by molar-refractivity contribution is 9.10. The van der Waals surface area contributed by atoms with Crippen LogP contribution in [0.3, 0.4) is 0 Å². The average Bonchev–Trinajstić information content (AvgIpc) is 3.13. The van der Waals surface area contributed by atoms with E-state index >= 15 is 0 Å². The Morgan fingerprint density at radius 3 is 2.60 bits per heavy atom. The lowest BCUT2D eigenvalue weighted by atomic mass is 10.2. The molecule has 0 saturated carbocycles. The maximum atomic E-state index is 6.07. The maximum Gasteiger partial charge on any atom is 0.214 e. The van der Waals surface area contributed by atoms with Crippen LogP contribution in [-0.2, 0) is 13.2 Å². The lowest BCUT2D eigenvalue weighted by Gasteiger charge is -2.15. The zero-order valence-electron chi connectivity index (χ0n) is 15.8. The van der Waals surface area contributed by atoms with Crippen LogP contribution < -0.4 is 10.2 Å². The monoisotopic (exact) mass is 500 g/mol.